The predicted molar refractivity (Wildman–Crippen MR) is 71.2 cm³/mol. The molecule has 5 heteroatoms. The zero-order valence-electron chi connectivity index (χ0n) is 11.5. The molecular formula is C14H19NO4. The first-order valence-corrected chi connectivity index (χ1v) is 6.22. The number of rotatable bonds is 6. The number of hydrogen-bond donors (Lipinski definition) is 0. The average molecular weight is 265 g/mol. The van der Waals surface area contributed by atoms with E-state index in [1.54, 1.807) is 25.1 Å². The summed E-state index contributed by atoms with van der Waals surface area (Å²) in [5.41, 5.74) is 0. The minimum atomic E-state index is -0.407. The van der Waals surface area contributed by atoms with Crippen molar-refractivity contribution in [2.75, 3.05) is 13.2 Å². The maximum Gasteiger partial charge on any atom is 0.325 e. The smallest absolute Gasteiger partial charge is 0.325 e. The van der Waals surface area contributed by atoms with E-state index < -0.39 is 5.97 Å². The molecule has 1 heterocycles. The Morgan fingerprint density at radius 1 is 1.47 bits per heavy atom. The summed E-state index contributed by atoms with van der Waals surface area (Å²) in [5.74, 6) is -0.0661. The molecule has 0 spiro atoms. The fraction of sp³-hybridized carbons (Fsp3) is 0.429. The maximum absolute atomic E-state index is 12.0. The van der Waals surface area contributed by atoms with Gasteiger partial charge in [-0.25, -0.2) is 0 Å². The van der Waals surface area contributed by atoms with Gasteiger partial charge in [0.15, 0.2) is 0 Å². The molecule has 0 aliphatic carbocycles. The van der Waals surface area contributed by atoms with E-state index in [0.29, 0.717) is 12.4 Å². The van der Waals surface area contributed by atoms with E-state index in [2.05, 4.69) is 0 Å². The molecule has 104 valence electrons. The third-order valence-corrected chi connectivity index (χ3v) is 2.44. The number of esters is 1. The van der Waals surface area contributed by atoms with Crippen LogP contribution < -0.4 is 0 Å². The first-order valence-electron chi connectivity index (χ1n) is 6.22. The van der Waals surface area contributed by atoms with Crippen molar-refractivity contribution < 1.29 is 18.7 Å². The monoisotopic (exact) mass is 265 g/mol. The van der Waals surface area contributed by atoms with Gasteiger partial charge in [0.2, 0.25) is 5.91 Å². The number of ether oxygens (including phenoxy) is 1. The van der Waals surface area contributed by atoms with Gasteiger partial charge in [-0.1, -0.05) is 0 Å². The Morgan fingerprint density at radius 3 is 2.74 bits per heavy atom. The number of amides is 1. The second kappa shape index (κ2) is 7.41. The van der Waals surface area contributed by atoms with Crippen LogP contribution in [0.5, 0.6) is 0 Å². The van der Waals surface area contributed by atoms with Crippen LogP contribution >= 0.6 is 0 Å². The van der Waals surface area contributed by atoms with Crippen LogP contribution in [0.1, 0.15) is 26.5 Å². The Morgan fingerprint density at radius 2 is 2.21 bits per heavy atom. The first-order chi connectivity index (χ1) is 9.04. The number of hydrogen-bond acceptors (Lipinski definition) is 4. The molecule has 0 N–H and O–H groups in total. The van der Waals surface area contributed by atoms with E-state index in [9.17, 15) is 9.59 Å². The van der Waals surface area contributed by atoms with Crippen molar-refractivity contribution in [3.63, 3.8) is 0 Å². The zero-order chi connectivity index (χ0) is 14.3. The van der Waals surface area contributed by atoms with E-state index in [4.69, 9.17) is 9.15 Å². The maximum atomic E-state index is 12.0. The molecule has 0 fully saturated rings. The quantitative estimate of drug-likeness (QED) is 0.583. The second-order valence-electron chi connectivity index (χ2n) is 4.21. The number of furan rings is 1. The molecule has 0 aliphatic rings. The Bertz CT molecular complexity index is 434. The molecule has 1 aromatic rings. The minimum Gasteiger partial charge on any atom is -0.465 e. The van der Waals surface area contributed by atoms with Gasteiger partial charge in [-0.05, 0) is 39.0 Å². The van der Waals surface area contributed by atoms with Crippen molar-refractivity contribution in [1.29, 1.82) is 0 Å². The van der Waals surface area contributed by atoms with Gasteiger partial charge in [0, 0.05) is 12.1 Å². The van der Waals surface area contributed by atoms with Crippen LogP contribution in [0.25, 0.3) is 6.08 Å². The topological polar surface area (TPSA) is 59.8 Å². The molecule has 0 saturated heterocycles. The SMILES string of the molecule is CCOC(=O)CN(C(=O)/C=C/c1ccco1)C(C)C. The van der Waals surface area contributed by atoms with Gasteiger partial charge in [-0.15, -0.1) is 0 Å². The summed E-state index contributed by atoms with van der Waals surface area (Å²) in [6, 6.07) is 3.40. The number of nitrogens with zero attached hydrogens (tertiary/aromatic N) is 1. The second-order valence-corrected chi connectivity index (χ2v) is 4.21. The summed E-state index contributed by atoms with van der Waals surface area (Å²) in [6.45, 7) is 5.68. The highest BCUT2D eigenvalue weighted by atomic mass is 16.5. The highest BCUT2D eigenvalue weighted by Crippen LogP contribution is 2.05. The van der Waals surface area contributed by atoms with E-state index >= 15 is 0 Å². The number of carbonyl (C=O) groups excluding carboxylic acids is 2. The summed E-state index contributed by atoms with van der Waals surface area (Å²) in [6.07, 6.45) is 4.49. The third-order valence-electron chi connectivity index (χ3n) is 2.44. The highest BCUT2D eigenvalue weighted by molar-refractivity contribution is 5.93. The van der Waals surface area contributed by atoms with Crippen LogP contribution in [-0.4, -0.2) is 36.0 Å². The molecule has 0 aliphatic heterocycles. The Balaban J connectivity index is 2.65. The van der Waals surface area contributed by atoms with E-state index in [1.807, 2.05) is 13.8 Å². The van der Waals surface area contributed by atoms with Gasteiger partial charge in [-0.2, -0.15) is 0 Å². The lowest BCUT2D eigenvalue weighted by molar-refractivity contribution is -0.148. The van der Waals surface area contributed by atoms with Gasteiger partial charge in [0.05, 0.1) is 12.9 Å². The van der Waals surface area contributed by atoms with Crippen molar-refractivity contribution in [2.24, 2.45) is 0 Å². The molecule has 0 atom stereocenters. The lowest BCUT2D eigenvalue weighted by Gasteiger charge is -2.24. The molecule has 0 saturated carbocycles. The predicted octanol–water partition coefficient (Wildman–Crippen LogP) is 2.09. The van der Waals surface area contributed by atoms with Crippen LogP contribution in [0, 0.1) is 0 Å². The fourth-order valence-corrected chi connectivity index (χ4v) is 1.50. The lowest BCUT2D eigenvalue weighted by Crippen LogP contribution is -2.40. The summed E-state index contributed by atoms with van der Waals surface area (Å²) in [7, 11) is 0. The van der Waals surface area contributed by atoms with Crippen LogP contribution in [0.15, 0.2) is 28.9 Å². The Kier molecular flexibility index (Phi) is 5.85. The summed E-state index contributed by atoms with van der Waals surface area (Å²) in [5, 5.41) is 0. The molecule has 0 bridgehead atoms. The number of carbonyl (C=O) groups is 2. The fourth-order valence-electron chi connectivity index (χ4n) is 1.50. The molecule has 1 rings (SSSR count). The van der Waals surface area contributed by atoms with Crippen molar-refractivity contribution in [2.45, 2.75) is 26.8 Å². The Labute approximate surface area is 112 Å². The molecular weight excluding hydrogens is 246 g/mol. The average Bonchev–Trinajstić information content (AvgIpc) is 2.86. The molecule has 1 amide bonds. The van der Waals surface area contributed by atoms with Crippen LogP contribution in [0.2, 0.25) is 0 Å². The van der Waals surface area contributed by atoms with Crippen molar-refractivity contribution >= 4 is 18.0 Å². The Hall–Kier alpha value is -2.04. The van der Waals surface area contributed by atoms with Crippen LogP contribution in [0.3, 0.4) is 0 Å². The summed E-state index contributed by atoms with van der Waals surface area (Å²) in [4.78, 5) is 24.9. The van der Waals surface area contributed by atoms with Crippen LogP contribution in [0.4, 0.5) is 0 Å². The van der Waals surface area contributed by atoms with Gasteiger partial charge in [0.25, 0.3) is 0 Å². The summed E-state index contributed by atoms with van der Waals surface area (Å²) >= 11 is 0. The van der Waals surface area contributed by atoms with Crippen molar-refractivity contribution in [1.82, 2.24) is 4.90 Å². The minimum absolute atomic E-state index is 0.0488. The van der Waals surface area contributed by atoms with Gasteiger partial charge < -0.3 is 14.1 Å². The van der Waals surface area contributed by atoms with Gasteiger partial charge in [-0.3, -0.25) is 9.59 Å². The van der Waals surface area contributed by atoms with E-state index in [1.165, 1.54) is 17.2 Å². The summed E-state index contributed by atoms with van der Waals surface area (Å²) < 4.78 is 9.94. The van der Waals surface area contributed by atoms with Gasteiger partial charge in [0.1, 0.15) is 12.3 Å². The third kappa shape index (κ3) is 4.99. The van der Waals surface area contributed by atoms with Crippen molar-refractivity contribution in [3.05, 3.63) is 30.2 Å². The molecule has 19 heavy (non-hydrogen) atoms. The standard InChI is InChI=1S/C14H19NO4/c1-4-18-14(17)10-15(11(2)3)13(16)8-7-12-6-5-9-19-12/h5-9,11H,4,10H2,1-3H3/b8-7+. The van der Waals surface area contributed by atoms with E-state index in [0.717, 1.165) is 0 Å². The van der Waals surface area contributed by atoms with Gasteiger partial charge >= 0.3 is 5.97 Å². The molecule has 0 unspecified atom stereocenters. The van der Waals surface area contributed by atoms with E-state index in [-0.39, 0.29) is 18.5 Å². The largest absolute Gasteiger partial charge is 0.465 e. The first kappa shape index (κ1) is 15.0. The molecule has 0 radical (unpaired) electrons. The zero-order valence-corrected chi connectivity index (χ0v) is 11.5. The van der Waals surface area contributed by atoms with Crippen molar-refractivity contribution in [3.8, 4) is 0 Å². The normalized spacial score (nSPS) is 10.9. The lowest BCUT2D eigenvalue weighted by atomic mass is 10.3. The van der Waals surface area contributed by atoms with Crippen LogP contribution in [-0.2, 0) is 14.3 Å². The highest BCUT2D eigenvalue weighted by Gasteiger charge is 2.18. The molecule has 0 aromatic carbocycles. The molecule has 1 aromatic heterocycles. The molecule has 5 nitrogen and oxygen atoms in total.